The van der Waals surface area contributed by atoms with E-state index in [9.17, 15) is 0 Å². The first-order valence-corrected chi connectivity index (χ1v) is 6.20. The number of rotatable bonds is 6. The highest BCUT2D eigenvalue weighted by molar-refractivity contribution is 7.98. The largest absolute Gasteiger partial charge is 0.299 e. The van der Waals surface area contributed by atoms with E-state index in [-0.39, 0.29) is 0 Å². The average Bonchev–Trinajstić information content (AvgIpc) is 2.05. The summed E-state index contributed by atoms with van der Waals surface area (Å²) in [5.74, 6) is 2.04. The molecule has 0 saturated heterocycles. The summed E-state index contributed by atoms with van der Waals surface area (Å²) >= 11 is 6.00. The molecule has 0 radical (unpaired) electrons. The van der Waals surface area contributed by atoms with Gasteiger partial charge in [-0.15, -0.1) is 0 Å². The van der Waals surface area contributed by atoms with Crippen molar-refractivity contribution < 1.29 is 0 Å². The van der Waals surface area contributed by atoms with Crippen LogP contribution in [0.1, 0.15) is 6.92 Å². The Hall–Kier alpha value is 0.400. The van der Waals surface area contributed by atoms with Crippen molar-refractivity contribution in [3.63, 3.8) is 0 Å². The first-order chi connectivity index (χ1) is 5.72. The smallest absolute Gasteiger partial charge is 0.0163 e. The van der Waals surface area contributed by atoms with E-state index < -0.39 is 0 Å². The Bertz CT molecular complexity index is 126. The van der Waals surface area contributed by atoms with Gasteiger partial charge in [0, 0.05) is 24.1 Å². The monoisotopic (exact) mass is 205 g/mol. The summed E-state index contributed by atoms with van der Waals surface area (Å²) in [4.78, 5) is 2.34. The third kappa shape index (κ3) is 5.98. The number of thioether (sulfide) groups is 1. The molecule has 0 aliphatic rings. The Morgan fingerprint density at radius 2 is 2.17 bits per heavy atom. The van der Waals surface area contributed by atoms with Gasteiger partial charge in [-0.05, 0) is 20.2 Å². The van der Waals surface area contributed by atoms with Gasteiger partial charge in [0.1, 0.15) is 0 Å². The van der Waals surface area contributed by atoms with Crippen molar-refractivity contribution in [1.29, 1.82) is 0 Å². The van der Waals surface area contributed by atoms with E-state index in [0.717, 1.165) is 12.3 Å². The predicted molar refractivity (Wildman–Crippen MR) is 63.5 cm³/mol. The number of hydrogen-bond acceptors (Lipinski definition) is 3. The van der Waals surface area contributed by atoms with Crippen molar-refractivity contribution in [2.24, 2.45) is 0 Å². The fraction of sp³-hybridized carbons (Fsp3) is 0.778. The Balaban J connectivity index is 3.55. The summed E-state index contributed by atoms with van der Waals surface area (Å²) in [5.41, 5.74) is 0. The summed E-state index contributed by atoms with van der Waals surface area (Å²) in [5, 5.41) is 0. The summed E-state index contributed by atoms with van der Waals surface area (Å²) < 4.78 is 0. The topological polar surface area (TPSA) is 3.24 Å². The van der Waals surface area contributed by atoms with E-state index in [1.54, 1.807) is 0 Å². The van der Waals surface area contributed by atoms with Gasteiger partial charge in [0.05, 0.1) is 0 Å². The number of likely N-dealkylation sites (N-methyl/N-ethyl adjacent to an activating group) is 1. The van der Waals surface area contributed by atoms with Crippen molar-refractivity contribution in [3.05, 3.63) is 12.2 Å². The molecule has 0 aliphatic heterocycles. The standard InChI is InChI=1S/C9H19NS2/c1-9(8-12-3)10(2)6-4-5-7-11/h4-5,9,11H,6-8H2,1-3H3/b5-4+. The number of thiol groups is 1. The molecular weight excluding hydrogens is 186 g/mol. The molecule has 12 heavy (non-hydrogen) atoms. The zero-order valence-corrected chi connectivity index (χ0v) is 9.87. The maximum absolute atomic E-state index is 4.11. The van der Waals surface area contributed by atoms with Crippen LogP contribution in [0, 0.1) is 0 Å². The zero-order chi connectivity index (χ0) is 9.40. The van der Waals surface area contributed by atoms with Gasteiger partial charge in [-0.1, -0.05) is 12.2 Å². The van der Waals surface area contributed by atoms with Crippen LogP contribution in [0.4, 0.5) is 0 Å². The second-order valence-electron chi connectivity index (χ2n) is 2.90. The van der Waals surface area contributed by atoms with Crippen LogP contribution in [0.5, 0.6) is 0 Å². The molecule has 0 N–H and O–H groups in total. The van der Waals surface area contributed by atoms with Gasteiger partial charge in [0.15, 0.2) is 0 Å². The molecule has 0 rings (SSSR count). The normalized spacial score (nSPS) is 14.4. The first kappa shape index (κ1) is 12.4. The summed E-state index contributed by atoms with van der Waals surface area (Å²) in [6.07, 6.45) is 6.41. The van der Waals surface area contributed by atoms with E-state index in [1.165, 1.54) is 5.75 Å². The van der Waals surface area contributed by atoms with E-state index >= 15 is 0 Å². The van der Waals surface area contributed by atoms with Crippen LogP contribution in [0.2, 0.25) is 0 Å². The summed E-state index contributed by atoms with van der Waals surface area (Å²) in [6, 6.07) is 0.657. The molecule has 0 spiro atoms. The number of nitrogens with zero attached hydrogens (tertiary/aromatic N) is 1. The van der Waals surface area contributed by atoms with Crippen LogP contribution in [0.15, 0.2) is 12.2 Å². The van der Waals surface area contributed by atoms with Gasteiger partial charge in [-0.3, -0.25) is 4.90 Å². The minimum Gasteiger partial charge on any atom is -0.299 e. The third-order valence-electron chi connectivity index (χ3n) is 1.83. The lowest BCUT2D eigenvalue weighted by Gasteiger charge is -2.22. The van der Waals surface area contributed by atoms with Gasteiger partial charge >= 0.3 is 0 Å². The molecular formula is C9H19NS2. The molecule has 1 nitrogen and oxygen atoms in total. The molecule has 0 bridgehead atoms. The summed E-state index contributed by atoms with van der Waals surface area (Å²) in [6.45, 7) is 3.29. The van der Waals surface area contributed by atoms with Crippen LogP contribution in [0.25, 0.3) is 0 Å². The fourth-order valence-electron chi connectivity index (χ4n) is 0.864. The van der Waals surface area contributed by atoms with Crippen LogP contribution >= 0.6 is 24.4 Å². The van der Waals surface area contributed by atoms with Crippen LogP contribution in [0.3, 0.4) is 0 Å². The zero-order valence-electron chi connectivity index (χ0n) is 8.16. The third-order valence-corrected chi connectivity index (χ3v) is 2.85. The van der Waals surface area contributed by atoms with Crippen molar-refractivity contribution in [1.82, 2.24) is 4.90 Å². The van der Waals surface area contributed by atoms with E-state index in [4.69, 9.17) is 0 Å². The molecule has 72 valence electrons. The van der Waals surface area contributed by atoms with Crippen LogP contribution in [-0.4, -0.2) is 42.3 Å². The molecule has 0 heterocycles. The molecule has 0 aromatic heterocycles. The second kappa shape index (κ2) is 8.02. The fourth-order valence-corrected chi connectivity index (χ4v) is 1.75. The Labute approximate surface area is 86.0 Å². The first-order valence-electron chi connectivity index (χ1n) is 4.17. The van der Waals surface area contributed by atoms with E-state index in [0.29, 0.717) is 6.04 Å². The minimum absolute atomic E-state index is 0.657. The summed E-state index contributed by atoms with van der Waals surface area (Å²) in [7, 11) is 2.16. The highest BCUT2D eigenvalue weighted by atomic mass is 32.2. The van der Waals surface area contributed by atoms with Crippen molar-refractivity contribution in [2.75, 3.05) is 31.4 Å². The predicted octanol–water partition coefficient (Wildman–Crippen LogP) is 2.16. The van der Waals surface area contributed by atoms with Crippen LogP contribution in [-0.2, 0) is 0 Å². The molecule has 0 aromatic carbocycles. The Kier molecular flexibility index (Phi) is 8.29. The molecule has 3 heteroatoms. The van der Waals surface area contributed by atoms with E-state index in [1.807, 2.05) is 11.8 Å². The average molecular weight is 205 g/mol. The van der Waals surface area contributed by atoms with Gasteiger partial charge in [-0.2, -0.15) is 24.4 Å². The Morgan fingerprint density at radius 1 is 1.50 bits per heavy atom. The quantitative estimate of drug-likeness (QED) is 0.523. The minimum atomic E-state index is 0.657. The highest BCUT2D eigenvalue weighted by Crippen LogP contribution is 2.02. The number of hydrogen-bond donors (Lipinski definition) is 1. The van der Waals surface area contributed by atoms with E-state index in [2.05, 4.69) is 49.9 Å². The maximum atomic E-state index is 4.11. The lowest BCUT2D eigenvalue weighted by atomic mass is 10.3. The SMILES string of the molecule is CSCC(C)N(C)C/C=C/CS. The molecule has 0 amide bonds. The highest BCUT2D eigenvalue weighted by Gasteiger charge is 2.05. The molecule has 0 aliphatic carbocycles. The van der Waals surface area contributed by atoms with Crippen LogP contribution < -0.4 is 0 Å². The van der Waals surface area contributed by atoms with Crippen molar-refractivity contribution >= 4 is 24.4 Å². The van der Waals surface area contributed by atoms with Crippen molar-refractivity contribution in [3.8, 4) is 0 Å². The molecule has 1 atom stereocenters. The maximum Gasteiger partial charge on any atom is 0.0163 e. The molecule has 1 unspecified atom stereocenters. The molecule has 0 saturated carbocycles. The lowest BCUT2D eigenvalue weighted by molar-refractivity contribution is 0.307. The molecule has 0 fully saturated rings. The second-order valence-corrected chi connectivity index (χ2v) is 4.17. The van der Waals surface area contributed by atoms with Gasteiger partial charge in [-0.25, -0.2) is 0 Å². The van der Waals surface area contributed by atoms with Gasteiger partial charge in [0.2, 0.25) is 0 Å². The molecule has 0 aromatic rings. The van der Waals surface area contributed by atoms with Gasteiger partial charge < -0.3 is 0 Å². The van der Waals surface area contributed by atoms with Crippen molar-refractivity contribution in [2.45, 2.75) is 13.0 Å². The lowest BCUT2D eigenvalue weighted by Crippen LogP contribution is -2.31. The van der Waals surface area contributed by atoms with Gasteiger partial charge in [0.25, 0.3) is 0 Å². The Morgan fingerprint density at radius 3 is 2.67 bits per heavy atom.